The van der Waals surface area contributed by atoms with Gasteiger partial charge in [0.1, 0.15) is 5.82 Å². The number of hydrogen-bond donors (Lipinski definition) is 1. The van der Waals surface area contributed by atoms with Gasteiger partial charge in [0.25, 0.3) is 5.91 Å². The summed E-state index contributed by atoms with van der Waals surface area (Å²) in [6, 6.07) is 9.29. The molecule has 158 valence electrons. The maximum absolute atomic E-state index is 12.5. The van der Waals surface area contributed by atoms with Crippen LogP contribution >= 0.6 is 11.6 Å². The van der Waals surface area contributed by atoms with Gasteiger partial charge >= 0.3 is 0 Å². The fourth-order valence-electron chi connectivity index (χ4n) is 3.04. The van der Waals surface area contributed by atoms with Crippen LogP contribution in [0.5, 0.6) is 11.5 Å². The number of hydrogen-bond acceptors (Lipinski definition) is 6. The molecule has 2 rings (SSSR count). The van der Waals surface area contributed by atoms with Crippen LogP contribution in [0.2, 0.25) is 5.15 Å². The lowest BCUT2D eigenvalue weighted by atomic mass is 10.2. The molecule has 0 saturated heterocycles. The number of nitrogens with one attached hydrogen (secondary N) is 1. The molecule has 0 bridgehead atoms. The van der Waals surface area contributed by atoms with Crippen LogP contribution in [0.3, 0.4) is 0 Å². The molecule has 0 atom stereocenters. The van der Waals surface area contributed by atoms with Crippen molar-refractivity contribution in [3.8, 4) is 11.5 Å². The molecule has 2 aromatic rings. The first kappa shape index (κ1) is 22.7. The smallest absolute Gasteiger partial charge is 0.260 e. The Morgan fingerprint density at radius 2 is 1.79 bits per heavy atom. The highest BCUT2D eigenvalue weighted by molar-refractivity contribution is 6.29. The molecule has 0 saturated carbocycles. The number of halogens is 1. The largest absolute Gasteiger partial charge is 0.490 e. The van der Waals surface area contributed by atoms with Crippen molar-refractivity contribution in [3.63, 3.8) is 0 Å². The van der Waals surface area contributed by atoms with Gasteiger partial charge in [-0.2, -0.15) is 0 Å². The molecule has 7 nitrogen and oxygen atoms in total. The average Bonchev–Trinajstić information content (AvgIpc) is 2.66. The van der Waals surface area contributed by atoms with E-state index in [9.17, 15) is 4.79 Å². The van der Waals surface area contributed by atoms with Crippen LogP contribution in [0.4, 0.5) is 5.82 Å². The quantitative estimate of drug-likeness (QED) is 0.621. The van der Waals surface area contributed by atoms with E-state index in [-0.39, 0.29) is 24.6 Å². The standard InChI is InChI=1S/C21H29ClN4O3/c1-6-28-18-11-16(12-23-20-10-9-19(22)24-25-20)7-8-17(18)29-13-21(27)26(14(2)3)15(4)5/h7-11,14-15H,6,12-13H2,1-5H3,(H,23,25). The molecule has 0 unspecified atom stereocenters. The van der Waals surface area contributed by atoms with Crippen molar-refractivity contribution < 1.29 is 14.3 Å². The van der Waals surface area contributed by atoms with Crippen molar-refractivity contribution in [2.24, 2.45) is 0 Å². The molecule has 29 heavy (non-hydrogen) atoms. The average molecular weight is 421 g/mol. The van der Waals surface area contributed by atoms with Crippen LogP contribution in [0.15, 0.2) is 30.3 Å². The second-order valence-corrected chi connectivity index (χ2v) is 7.47. The summed E-state index contributed by atoms with van der Waals surface area (Å²) in [5.41, 5.74) is 0.981. The Morgan fingerprint density at radius 1 is 1.07 bits per heavy atom. The zero-order chi connectivity index (χ0) is 21.4. The van der Waals surface area contributed by atoms with Crippen LogP contribution in [0, 0.1) is 0 Å². The van der Waals surface area contributed by atoms with Gasteiger partial charge in [0.15, 0.2) is 23.3 Å². The SMILES string of the molecule is CCOc1cc(CNc2ccc(Cl)nn2)ccc1OCC(=O)N(C(C)C)C(C)C. The molecule has 0 aliphatic rings. The third-order valence-corrected chi connectivity index (χ3v) is 4.37. The van der Waals surface area contributed by atoms with Gasteiger partial charge in [0.05, 0.1) is 6.61 Å². The first-order chi connectivity index (χ1) is 13.8. The van der Waals surface area contributed by atoms with Crippen molar-refractivity contribution >= 4 is 23.3 Å². The number of amides is 1. The molecule has 0 aliphatic heterocycles. The lowest BCUT2D eigenvalue weighted by Gasteiger charge is -2.30. The highest BCUT2D eigenvalue weighted by Crippen LogP contribution is 2.29. The summed E-state index contributed by atoms with van der Waals surface area (Å²) in [6.45, 7) is 10.9. The normalized spacial score (nSPS) is 10.9. The maximum Gasteiger partial charge on any atom is 0.260 e. The van der Waals surface area contributed by atoms with Gasteiger partial charge in [0.2, 0.25) is 0 Å². The Hall–Kier alpha value is -2.54. The van der Waals surface area contributed by atoms with Crippen LogP contribution in [-0.4, -0.2) is 46.3 Å². The number of anilines is 1. The summed E-state index contributed by atoms with van der Waals surface area (Å²) in [5, 5.41) is 11.3. The Morgan fingerprint density at radius 3 is 2.38 bits per heavy atom. The molecule has 0 fully saturated rings. The van der Waals surface area contributed by atoms with Crippen molar-refractivity contribution in [1.29, 1.82) is 0 Å². The minimum atomic E-state index is -0.0514. The third-order valence-electron chi connectivity index (χ3n) is 4.17. The van der Waals surface area contributed by atoms with Crippen LogP contribution in [-0.2, 0) is 11.3 Å². The van der Waals surface area contributed by atoms with Crippen molar-refractivity contribution in [2.75, 3.05) is 18.5 Å². The number of nitrogens with zero attached hydrogens (tertiary/aromatic N) is 3. The van der Waals surface area contributed by atoms with E-state index in [2.05, 4.69) is 15.5 Å². The van der Waals surface area contributed by atoms with Crippen LogP contribution in [0.1, 0.15) is 40.2 Å². The van der Waals surface area contributed by atoms with Gasteiger partial charge in [0, 0.05) is 18.6 Å². The van der Waals surface area contributed by atoms with Crippen molar-refractivity contribution in [3.05, 3.63) is 41.0 Å². The van der Waals surface area contributed by atoms with Gasteiger partial charge in [-0.3, -0.25) is 4.79 Å². The Labute approximate surface area is 177 Å². The van der Waals surface area contributed by atoms with Gasteiger partial charge in [-0.05, 0) is 64.4 Å². The summed E-state index contributed by atoms with van der Waals surface area (Å²) in [6.07, 6.45) is 0. The Bertz CT molecular complexity index is 789. The summed E-state index contributed by atoms with van der Waals surface area (Å²) < 4.78 is 11.5. The maximum atomic E-state index is 12.5. The first-order valence-corrected chi connectivity index (χ1v) is 10.1. The summed E-state index contributed by atoms with van der Waals surface area (Å²) >= 11 is 5.75. The van der Waals surface area contributed by atoms with E-state index in [1.807, 2.05) is 57.7 Å². The lowest BCUT2D eigenvalue weighted by molar-refractivity contribution is -0.137. The van der Waals surface area contributed by atoms with Gasteiger partial charge in [-0.25, -0.2) is 0 Å². The van der Waals surface area contributed by atoms with E-state index < -0.39 is 0 Å². The van der Waals surface area contributed by atoms with E-state index in [1.165, 1.54) is 0 Å². The molecule has 1 aromatic heterocycles. The number of aromatic nitrogens is 2. The zero-order valence-electron chi connectivity index (χ0n) is 17.6. The molecule has 1 amide bonds. The predicted molar refractivity (Wildman–Crippen MR) is 115 cm³/mol. The summed E-state index contributed by atoms with van der Waals surface area (Å²) in [5.74, 6) is 1.72. The van der Waals surface area contributed by atoms with Crippen molar-refractivity contribution in [1.82, 2.24) is 15.1 Å². The number of carbonyl (C=O) groups excluding carboxylic acids is 1. The van der Waals surface area contributed by atoms with E-state index in [4.69, 9.17) is 21.1 Å². The second kappa shape index (κ2) is 10.9. The molecular formula is C21H29ClN4O3. The molecule has 0 aliphatic carbocycles. The molecule has 1 aromatic carbocycles. The van der Waals surface area contributed by atoms with E-state index in [0.29, 0.717) is 35.6 Å². The molecule has 1 heterocycles. The van der Waals surface area contributed by atoms with Gasteiger partial charge < -0.3 is 19.7 Å². The van der Waals surface area contributed by atoms with Crippen LogP contribution in [0.25, 0.3) is 0 Å². The van der Waals surface area contributed by atoms with Crippen molar-refractivity contribution in [2.45, 2.75) is 53.2 Å². The molecule has 0 spiro atoms. The predicted octanol–water partition coefficient (Wildman–Crippen LogP) is 4.17. The lowest BCUT2D eigenvalue weighted by Crippen LogP contribution is -2.44. The zero-order valence-corrected chi connectivity index (χ0v) is 18.4. The highest BCUT2D eigenvalue weighted by atomic mass is 35.5. The minimum absolute atomic E-state index is 0.0333. The fourth-order valence-corrected chi connectivity index (χ4v) is 3.14. The third kappa shape index (κ3) is 6.78. The Balaban J connectivity index is 2.04. The number of rotatable bonds is 10. The monoisotopic (exact) mass is 420 g/mol. The Kier molecular flexibility index (Phi) is 8.51. The second-order valence-electron chi connectivity index (χ2n) is 7.09. The first-order valence-electron chi connectivity index (χ1n) is 9.74. The molecule has 1 N–H and O–H groups in total. The highest BCUT2D eigenvalue weighted by Gasteiger charge is 2.21. The van der Waals surface area contributed by atoms with E-state index in [0.717, 1.165) is 5.56 Å². The minimum Gasteiger partial charge on any atom is -0.490 e. The summed E-state index contributed by atoms with van der Waals surface area (Å²) in [4.78, 5) is 14.4. The number of ether oxygens (including phenoxy) is 2. The molecule has 0 radical (unpaired) electrons. The topological polar surface area (TPSA) is 76.6 Å². The fraction of sp³-hybridized carbons (Fsp3) is 0.476. The number of benzene rings is 1. The molecule has 8 heteroatoms. The van der Waals surface area contributed by atoms with Gasteiger partial charge in [-0.1, -0.05) is 17.7 Å². The van der Waals surface area contributed by atoms with E-state index >= 15 is 0 Å². The van der Waals surface area contributed by atoms with Crippen LogP contribution < -0.4 is 14.8 Å². The van der Waals surface area contributed by atoms with Gasteiger partial charge in [-0.15, -0.1) is 10.2 Å². The molecular weight excluding hydrogens is 392 g/mol. The summed E-state index contributed by atoms with van der Waals surface area (Å²) in [7, 11) is 0. The number of carbonyl (C=O) groups is 1. The van der Waals surface area contributed by atoms with E-state index in [1.54, 1.807) is 12.1 Å².